The Labute approximate surface area is 155 Å². The van der Waals surface area contributed by atoms with Crippen LogP contribution in [0.25, 0.3) is 6.08 Å². The van der Waals surface area contributed by atoms with Crippen molar-refractivity contribution in [2.24, 2.45) is 0 Å². The molecule has 0 aromatic heterocycles. The van der Waals surface area contributed by atoms with Gasteiger partial charge in [-0.3, -0.25) is 10.1 Å². The van der Waals surface area contributed by atoms with Crippen molar-refractivity contribution in [3.63, 3.8) is 0 Å². The summed E-state index contributed by atoms with van der Waals surface area (Å²) < 4.78 is 43.6. The van der Waals surface area contributed by atoms with Crippen LogP contribution < -0.4 is 4.74 Å². The first-order valence-electron chi connectivity index (χ1n) is 6.72. The fourth-order valence-corrected chi connectivity index (χ4v) is 2.53. The summed E-state index contributed by atoms with van der Waals surface area (Å²) in [7, 11) is 0. The second kappa shape index (κ2) is 7.64. The van der Waals surface area contributed by atoms with Gasteiger partial charge < -0.3 is 4.74 Å². The number of rotatable bonds is 4. The van der Waals surface area contributed by atoms with Crippen LogP contribution in [0.2, 0.25) is 10.0 Å². The molecule has 0 aliphatic carbocycles. The summed E-state index contributed by atoms with van der Waals surface area (Å²) in [4.78, 5) is 10.3. The monoisotopic (exact) mass is 402 g/mol. The summed E-state index contributed by atoms with van der Waals surface area (Å²) in [5.74, 6) is -0.192. The van der Waals surface area contributed by atoms with Gasteiger partial charge in [0.2, 0.25) is 0 Å². The third-order valence-corrected chi connectivity index (χ3v) is 3.64. The first-order valence-corrected chi connectivity index (χ1v) is 7.47. The molecule has 5 nitrogen and oxygen atoms in total. The van der Waals surface area contributed by atoms with Crippen molar-refractivity contribution < 1.29 is 22.8 Å². The van der Waals surface area contributed by atoms with E-state index in [1.165, 1.54) is 18.2 Å². The van der Waals surface area contributed by atoms with Gasteiger partial charge in [0.05, 0.1) is 32.2 Å². The van der Waals surface area contributed by atoms with Crippen molar-refractivity contribution in [1.82, 2.24) is 0 Å². The normalized spacial score (nSPS) is 11.4. The Morgan fingerprint density at radius 3 is 2.31 bits per heavy atom. The zero-order valence-electron chi connectivity index (χ0n) is 12.6. The Morgan fingerprint density at radius 1 is 1.19 bits per heavy atom. The number of benzene rings is 2. The van der Waals surface area contributed by atoms with E-state index in [0.717, 1.165) is 12.1 Å². The van der Waals surface area contributed by atoms with Crippen molar-refractivity contribution in [3.8, 4) is 17.6 Å². The minimum absolute atomic E-state index is 0.0387. The van der Waals surface area contributed by atoms with E-state index < -0.39 is 16.7 Å². The van der Waals surface area contributed by atoms with Gasteiger partial charge in [0.1, 0.15) is 5.75 Å². The molecule has 0 saturated heterocycles. The molecular formula is C16H7Cl2F3N2O3. The van der Waals surface area contributed by atoms with Crippen molar-refractivity contribution in [3.05, 3.63) is 67.7 Å². The number of hydrogen-bond acceptors (Lipinski definition) is 4. The van der Waals surface area contributed by atoms with Gasteiger partial charge in [-0.25, -0.2) is 0 Å². The van der Waals surface area contributed by atoms with Gasteiger partial charge in [0.15, 0.2) is 5.75 Å². The van der Waals surface area contributed by atoms with Gasteiger partial charge in [-0.1, -0.05) is 23.2 Å². The van der Waals surface area contributed by atoms with Crippen molar-refractivity contribution in [2.45, 2.75) is 6.18 Å². The van der Waals surface area contributed by atoms with E-state index in [1.54, 1.807) is 6.07 Å². The molecule has 134 valence electrons. The average molecular weight is 403 g/mol. The van der Waals surface area contributed by atoms with Crippen LogP contribution in [0.15, 0.2) is 36.4 Å². The topological polar surface area (TPSA) is 76.2 Å². The van der Waals surface area contributed by atoms with Crippen molar-refractivity contribution >= 4 is 35.0 Å². The molecule has 0 saturated carbocycles. The first kappa shape index (κ1) is 19.6. The maximum atomic E-state index is 12.7. The van der Waals surface area contributed by atoms with Gasteiger partial charge in [-0.2, -0.15) is 18.4 Å². The molecule has 0 fully saturated rings. The molecule has 2 aromatic rings. The molecule has 0 aliphatic heterocycles. The second-order valence-electron chi connectivity index (χ2n) is 4.81. The van der Waals surface area contributed by atoms with E-state index in [2.05, 4.69) is 0 Å². The predicted molar refractivity (Wildman–Crippen MR) is 89.3 cm³/mol. The Bertz CT molecular complexity index is 914. The largest absolute Gasteiger partial charge is 0.454 e. The molecule has 2 aromatic carbocycles. The molecule has 10 heteroatoms. The SMILES string of the molecule is N#CC=Cc1cc(Oc2c(Cl)cc(C(F)(F)F)cc2Cl)ccc1[N+](=O)[O-]. The molecule has 0 heterocycles. The molecule has 0 spiro atoms. The maximum Gasteiger partial charge on any atom is 0.416 e. The quantitative estimate of drug-likeness (QED) is 0.344. The van der Waals surface area contributed by atoms with Crippen LogP contribution in [0.1, 0.15) is 11.1 Å². The van der Waals surface area contributed by atoms with Crippen LogP contribution >= 0.6 is 23.2 Å². The zero-order valence-corrected chi connectivity index (χ0v) is 14.1. The van der Waals surface area contributed by atoms with Gasteiger partial charge in [-0.15, -0.1) is 0 Å². The Morgan fingerprint density at radius 2 is 1.81 bits per heavy atom. The van der Waals surface area contributed by atoms with Crippen LogP contribution in [0.5, 0.6) is 11.5 Å². The molecule has 2 rings (SSSR count). The highest BCUT2D eigenvalue weighted by molar-refractivity contribution is 6.37. The lowest BCUT2D eigenvalue weighted by Gasteiger charge is -2.13. The Hall–Kier alpha value is -2.76. The van der Waals surface area contributed by atoms with E-state index in [-0.39, 0.29) is 32.8 Å². The molecule has 0 amide bonds. The average Bonchev–Trinajstić information content (AvgIpc) is 2.55. The van der Waals surface area contributed by atoms with Gasteiger partial charge in [0.25, 0.3) is 5.69 Å². The zero-order chi connectivity index (χ0) is 19.5. The minimum Gasteiger partial charge on any atom is -0.454 e. The lowest BCUT2D eigenvalue weighted by molar-refractivity contribution is -0.385. The number of nitro groups is 1. The lowest BCUT2D eigenvalue weighted by atomic mass is 10.1. The molecule has 0 atom stereocenters. The number of nitrogens with zero attached hydrogens (tertiary/aromatic N) is 2. The van der Waals surface area contributed by atoms with Crippen molar-refractivity contribution in [2.75, 3.05) is 0 Å². The highest BCUT2D eigenvalue weighted by atomic mass is 35.5. The van der Waals surface area contributed by atoms with E-state index in [1.807, 2.05) is 0 Å². The maximum absolute atomic E-state index is 12.7. The molecule has 0 bridgehead atoms. The fraction of sp³-hybridized carbons (Fsp3) is 0.0625. The standard InChI is InChI=1S/C16H7Cl2F3N2O3/c17-12-7-10(16(19,20)21)8-13(18)15(12)26-11-3-4-14(23(24)25)9(6-11)2-1-5-22/h1-4,6-8H. The minimum atomic E-state index is -4.63. The van der Waals surface area contributed by atoms with Gasteiger partial charge in [0, 0.05) is 12.1 Å². The van der Waals surface area contributed by atoms with Crippen LogP contribution in [0.3, 0.4) is 0 Å². The molecule has 0 unspecified atom stereocenters. The third kappa shape index (κ3) is 4.45. The Balaban J connectivity index is 2.45. The van der Waals surface area contributed by atoms with E-state index in [9.17, 15) is 23.3 Å². The molecular weight excluding hydrogens is 396 g/mol. The summed E-state index contributed by atoms with van der Waals surface area (Å²) in [5.41, 5.74) is -1.26. The fourth-order valence-electron chi connectivity index (χ4n) is 1.96. The summed E-state index contributed by atoms with van der Waals surface area (Å²) >= 11 is 11.6. The number of alkyl halides is 3. The number of hydrogen-bond donors (Lipinski definition) is 0. The number of allylic oxidation sites excluding steroid dienone is 1. The smallest absolute Gasteiger partial charge is 0.416 e. The van der Waals surface area contributed by atoms with E-state index in [4.69, 9.17) is 33.2 Å². The molecule has 0 radical (unpaired) electrons. The number of nitro benzene ring substituents is 1. The Kier molecular flexibility index (Phi) is 5.75. The second-order valence-corrected chi connectivity index (χ2v) is 5.62. The predicted octanol–water partition coefficient (Wildman–Crippen LogP) is 6.25. The summed E-state index contributed by atoms with van der Waals surface area (Å²) in [6, 6.07) is 6.60. The highest BCUT2D eigenvalue weighted by Gasteiger charge is 2.32. The third-order valence-electron chi connectivity index (χ3n) is 3.08. The van der Waals surface area contributed by atoms with Crippen molar-refractivity contribution in [1.29, 1.82) is 5.26 Å². The molecule has 26 heavy (non-hydrogen) atoms. The van der Waals surface area contributed by atoms with Crippen LogP contribution in [-0.2, 0) is 6.18 Å². The van der Waals surface area contributed by atoms with Crippen LogP contribution in [0, 0.1) is 21.4 Å². The summed E-state index contributed by atoms with van der Waals surface area (Å²) in [6.07, 6.45) is -2.40. The number of nitriles is 1. The van der Waals surface area contributed by atoms with Gasteiger partial charge >= 0.3 is 6.18 Å². The number of halogens is 5. The summed E-state index contributed by atoms with van der Waals surface area (Å²) in [5, 5.41) is 18.8. The van der Waals surface area contributed by atoms with E-state index >= 15 is 0 Å². The molecule has 0 aliphatic rings. The van der Waals surface area contributed by atoms with Crippen LogP contribution in [-0.4, -0.2) is 4.92 Å². The van der Waals surface area contributed by atoms with Crippen LogP contribution in [0.4, 0.5) is 18.9 Å². The van der Waals surface area contributed by atoms with E-state index in [0.29, 0.717) is 12.1 Å². The first-order chi connectivity index (χ1) is 12.1. The highest BCUT2D eigenvalue weighted by Crippen LogP contribution is 2.42. The lowest BCUT2D eigenvalue weighted by Crippen LogP contribution is -2.05. The van der Waals surface area contributed by atoms with Gasteiger partial charge in [-0.05, 0) is 30.3 Å². The molecule has 0 N–H and O–H groups in total. The number of ether oxygens (including phenoxy) is 1. The summed E-state index contributed by atoms with van der Waals surface area (Å²) in [6.45, 7) is 0.